The van der Waals surface area contributed by atoms with Crippen LogP contribution in [0.1, 0.15) is 26.6 Å². The van der Waals surface area contributed by atoms with E-state index in [4.69, 9.17) is 4.74 Å². The smallest absolute Gasteiger partial charge is 0.250 e. The van der Waals surface area contributed by atoms with Gasteiger partial charge in [0.05, 0.1) is 12.8 Å². The maximum atomic E-state index is 12.6. The molecular formula is C19H25N5O2. The molecule has 0 spiro atoms. The summed E-state index contributed by atoms with van der Waals surface area (Å²) in [6.45, 7) is 5.94. The van der Waals surface area contributed by atoms with Crippen molar-refractivity contribution in [2.24, 2.45) is 0 Å². The molecule has 0 radical (unpaired) electrons. The zero-order valence-corrected chi connectivity index (χ0v) is 15.9. The minimum atomic E-state index is -0.380. The highest BCUT2D eigenvalue weighted by atomic mass is 16.5. The number of aromatic nitrogens is 4. The predicted molar refractivity (Wildman–Crippen MR) is 101 cm³/mol. The zero-order valence-electron chi connectivity index (χ0n) is 15.9. The number of allylic oxidation sites excluding steroid dienone is 4. The number of carbonyl (C=O) groups is 1. The largest absolute Gasteiger partial charge is 0.495 e. The van der Waals surface area contributed by atoms with Gasteiger partial charge < -0.3 is 9.64 Å². The second-order valence-corrected chi connectivity index (χ2v) is 6.37. The van der Waals surface area contributed by atoms with Gasteiger partial charge in [-0.25, -0.2) is 0 Å². The molecule has 7 nitrogen and oxygen atoms in total. The van der Waals surface area contributed by atoms with Crippen LogP contribution < -0.4 is 9.64 Å². The van der Waals surface area contributed by atoms with Crippen LogP contribution in [-0.4, -0.2) is 40.3 Å². The van der Waals surface area contributed by atoms with Crippen molar-refractivity contribution in [3.63, 3.8) is 0 Å². The van der Waals surface area contributed by atoms with Crippen molar-refractivity contribution in [1.29, 1.82) is 0 Å². The molecular weight excluding hydrogens is 330 g/mol. The standard InChI is InChI=1S/C19H25N5O2/c1-6-7-10-13-19(2,3)18-20-22-24(21-18)14-17(25)23(4)15-11-8-9-12-16(15)26-5/h6-13H,14H2,1-5H3/b7-6-,13-10-. The third-order valence-corrected chi connectivity index (χ3v) is 3.94. The molecule has 7 heteroatoms. The van der Waals surface area contributed by atoms with Gasteiger partial charge in [-0.05, 0) is 38.1 Å². The molecule has 26 heavy (non-hydrogen) atoms. The number of rotatable bonds is 7. The molecule has 0 aliphatic rings. The number of anilines is 1. The molecule has 0 fully saturated rings. The number of para-hydroxylation sites is 2. The molecule has 138 valence electrons. The molecule has 0 aliphatic carbocycles. The monoisotopic (exact) mass is 355 g/mol. The van der Waals surface area contributed by atoms with E-state index in [2.05, 4.69) is 15.4 Å². The molecule has 1 aromatic heterocycles. The lowest BCUT2D eigenvalue weighted by molar-refractivity contribution is -0.119. The van der Waals surface area contributed by atoms with E-state index >= 15 is 0 Å². The second kappa shape index (κ2) is 8.42. The number of ether oxygens (including phenoxy) is 1. The van der Waals surface area contributed by atoms with Crippen LogP contribution in [-0.2, 0) is 16.8 Å². The fourth-order valence-electron chi connectivity index (χ4n) is 2.32. The van der Waals surface area contributed by atoms with Crippen molar-refractivity contribution in [2.45, 2.75) is 32.7 Å². The third kappa shape index (κ3) is 4.56. The molecule has 2 rings (SSSR count). The van der Waals surface area contributed by atoms with Crippen LogP contribution in [0.2, 0.25) is 0 Å². The van der Waals surface area contributed by atoms with Crippen LogP contribution in [0.25, 0.3) is 0 Å². The summed E-state index contributed by atoms with van der Waals surface area (Å²) in [7, 11) is 3.27. The fourth-order valence-corrected chi connectivity index (χ4v) is 2.32. The maximum Gasteiger partial charge on any atom is 0.250 e. The first kappa shape index (κ1) is 19.4. The van der Waals surface area contributed by atoms with Crippen LogP contribution in [0.3, 0.4) is 0 Å². The van der Waals surface area contributed by atoms with Gasteiger partial charge in [0.1, 0.15) is 12.3 Å². The molecule has 0 unspecified atom stereocenters. The van der Waals surface area contributed by atoms with E-state index in [1.54, 1.807) is 14.2 Å². The summed E-state index contributed by atoms with van der Waals surface area (Å²) in [5, 5.41) is 12.5. The average molecular weight is 355 g/mol. The highest BCUT2D eigenvalue weighted by molar-refractivity contribution is 5.94. The minimum absolute atomic E-state index is 0.00376. The summed E-state index contributed by atoms with van der Waals surface area (Å²) >= 11 is 0. The summed E-state index contributed by atoms with van der Waals surface area (Å²) < 4.78 is 5.30. The molecule has 0 saturated carbocycles. The van der Waals surface area contributed by atoms with Crippen molar-refractivity contribution in [2.75, 3.05) is 19.1 Å². The van der Waals surface area contributed by atoms with Gasteiger partial charge >= 0.3 is 0 Å². The number of nitrogens with zero attached hydrogens (tertiary/aromatic N) is 5. The van der Waals surface area contributed by atoms with Crippen molar-refractivity contribution in [3.05, 3.63) is 54.4 Å². The van der Waals surface area contributed by atoms with Crippen molar-refractivity contribution in [3.8, 4) is 5.75 Å². The van der Waals surface area contributed by atoms with E-state index in [0.29, 0.717) is 17.3 Å². The fraction of sp³-hybridized carbons (Fsp3) is 0.368. The molecule has 2 aromatic rings. The summed E-state index contributed by atoms with van der Waals surface area (Å²) in [5.41, 5.74) is 0.310. The van der Waals surface area contributed by atoms with E-state index in [1.807, 2.05) is 69.3 Å². The molecule has 0 saturated heterocycles. The highest BCUT2D eigenvalue weighted by Gasteiger charge is 2.24. The number of amides is 1. The van der Waals surface area contributed by atoms with Crippen LogP contribution in [0.5, 0.6) is 5.75 Å². The first-order chi connectivity index (χ1) is 12.4. The topological polar surface area (TPSA) is 73.1 Å². The number of benzene rings is 1. The van der Waals surface area contributed by atoms with Gasteiger partial charge in [-0.2, -0.15) is 4.80 Å². The summed E-state index contributed by atoms with van der Waals surface area (Å²) in [5.74, 6) is 1.03. The van der Waals surface area contributed by atoms with Crippen LogP contribution >= 0.6 is 0 Å². The molecule has 0 N–H and O–H groups in total. The molecule has 0 aliphatic heterocycles. The summed E-state index contributed by atoms with van der Waals surface area (Å²) in [4.78, 5) is 15.4. The first-order valence-electron chi connectivity index (χ1n) is 8.37. The lowest BCUT2D eigenvalue weighted by atomic mass is 9.92. The lowest BCUT2D eigenvalue weighted by Gasteiger charge is -2.19. The van der Waals surface area contributed by atoms with Gasteiger partial charge in [-0.15, -0.1) is 10.2 Å². The van der Waals surface area contributed by atoms with Gasteiger partial charge in [-0.3, -0.25) is 4.79 Å². The van der Waals surface area contributed by atoms with Crippen LogP contribution in [0.15, 0.2) is 48.6 Å². The quantitative estimate of drug-likeness (QED) is 0.714. The Kier molecular flexibility index (Phi) is 6.27. The van der Waals surface area contributed by atoms with Gasteiger partial charge in [0, 0.05) is 12.5 Å². The number of methoxy groups -OCH3 is 1. The van der Waals surface area contributed by atoms with Gasteiger partial charge in [0.15, 0.2) is 5.82 Å². The van der Waals surface area contributed by atoms with Crippen molar-refractivity contribution in [1.82, 2.24) is 20.2 Å². The highest BCUT2D eigenvalue weighted by Crippen LogP contribution is 2.26. The Balaban J connectivity index is 2.12. The number of likely N-dealkylation sites (N-methyl/N-ethyl adjacent to an activating group) is 1. The Bertz CT molecular complexity index is 808. The minimum Gasteiger partial charge on any atom is -0.495 e. The molecule has 0 bridgehead atoms. The Labute approximate surface area is 154 Å². The van der Waals surface area contributed by atoms with E-state index in [9.17, 15) is 4.79 Å². The van der Waals surface area contributed by atoms with Crippen LogP contribution in [0, 0.1) is 0 Å². The lowest BCUT2D eigenvalue weighted by Crippen LogP contribution is -2.31. The predicted octanol–water partition coefficient (Wildman–Crippen LogP) is 2.75. The Morgan fingerprint density at radius 1 is 1.31 bits per heavy atom. The van der Waals surface area contributed by atoms with Crippen molar-refractivity contribution < 1.29 is 9.53 Å². The zero-order chi connectivity index (χ0) is 19.2. The first-order valence-corrected chi connectivity index (χ1v) is 8.37. The number of hydrogen-bond acceptors (Lipinski definition) is 5. The number of tetrazole rings is 1. The summed E-state index contributed by atoms with van der Waals surface area (Å²) in [6.07, 6.45) is 7.83. The van der Waals surface area contributed by atoms with Gasteiger partial charge in [0.2, 0.25) is 0 Å². The van der Waals surface area contributed by atoms with E-state index < -0.39 is 0 Å². The molecule has 0 atom stereocenters. The molecule has 1 heterocycles. The normalized spacial score (nSPS) is 12.0. The molecule has 1 amide bonds. The number of carbonyl (C=O) groups excluding carboxylic acids is 1. The Hall–Kier alpha value is -2.96. The Morgan fingerprint density at radius 2 is 2.04 bits per heavy atom. The van der Waals surface area contributed by atoms with Crippen LogP contribution in [0.4, 0.5) is 5.69 Å². The summed E-state index contributed by atoms with van der Waals surface area (Å²) in [6, 6.07) is 7.35. The SMILES string of the molecule is C/C=C\C=C/C(C)(C)c1nnn(CC(=O)N(C)c2ccccc2OC)n1. The van der Waals surface area contributed by atoms with Gasteiger partial charge in [0.25, 0.3) is 5.91 Å². The van der Waals surface area contributed by atoms with E-state index in [1.165, 1.54) is 9.70 Å². The second-order valence-electron chi connectivity index (χ2n) is 6.37. The van der Waals surface area contributed by atoms with Gasteiger partial charge in [-0.1, -0.05) is 36.4 Å². The number of hydrogen-bond donors (Lipinski definition) is 0. The third-order valence-electron chi connectivity index (χ3n) is 3.94. The maximum absolute atomic E-state index is 12.6. The van der Waals surface area contributed by atoms with E-state index in [-0.39, 0.29) is 17.9 Å². The van der Waals surface area contributed by atoms with Crippen molar-refractivity contribution >= 4 is 11.6 Å². The molecule has 1 aromatic carbocycles. The Morgan fingerprint density at radius 3 is 2.73 bits per heavy atom. The van der Waals surface area contributed by atoms with E-state index in [0.717, 1.165) is 0 Å². The average Bonchev–Trinajstić information content (AvgIpc) is 3.10.